The van der Waals surface area contributed by atoms with Gasteiger partial charge in [-0.2, -0.15) is 23.1 Å². The van der Waals surface area contributed by atoms with Crippen molar-refractivity contribution in [1.82, 2.24) is 5.32 Å². The normalized spacial score (nSPS) is 18.7. The first-order chi connectivity index (χ1) is 7.35. The third-order valence-corrected chi connectivity index (χ3v) is 5.47. The van der Waals surface area contributed by atoms with Crippen molar-refractivity contribution in [3.05, 3.63) is 22.4 Å². The summed E-state index contributed by atoms with van der Waals surface area (Å²) in [7, 11) is 0. The molecule has 0 unspecified atom stereocenters. The lowest BCUT2D eigenvalue weighted by Crippen LogP contribution is -2.43. The number of nitrogens with one attached hydrogen (secondary N) is 1. The van der Waals surface area contributed by atoms with E-state index in [2.05, 4.69) is 28.4 Å². The van der Waals surface area contributed by atoms with Crippen LogP contribution in [-0.4, -0.2) is 24.1 Å². The minimum Gasteiger partial charge on any atom is -0.315 e. The molecule has 1 saturated carbocycles. The molecule has 1 fully saturated rings. The fraction of sp³-hybridized carbons (Fsp3) is 0.667. The number of hydrogen-bond acceptors (Lipinski definition) is 3. The highest BCUT2D eigenvalue weighted by Gasteiger charge is 2.35. The Morgan fingerprint density at radius 2 is 2.40 bits per heavy atom. The van der Waals surface area contributed by atoms with Gasteiger partial charge in [-0.3, -0.25) is 0 Å². The molecule has 0 amide bonds. The van der Waals surface area contributed by atoms with Crippen molar-refractivity contribution in [1.29, 1.82) is 0 Å². The van der Waals surface area contributed by atoms with Crippen LogP contribution in [0.2, 0.25) is 0 Å². The lowest BCUT2D eigenvalue weighted by molar-refractivity contribution is 0.347. The van der Waals surface area contributed by atoms with Crippen molar-refractivity contribution in [2.24, 2.45) is 0 Å². The summed E-state index contributed by atoms with van der Waals surface area (Å²) in [6.07, 6.45) is 7.65. The molecule has 1 aliphatic carbocycles. The number of rotatable bonds is 6. The Morgan fingerprint density at radius 3 is 2.93 bits per heavy atom. The zero-order chi connectivity index (χ0) is 10.6. The van der Waals surface area contributed by atoms with Crippen LogP contribution in [0, 0.1) is 0 Å². The average Bonchev–Trinajstić information content (AvgIpc) is 2.68. The Hall–Kier alpha value is 0.01000. The average molecular weight is 241 g/mol. The van der Waals surface area contributed by atoms with Crippen molar-refractivity contribution in [3.8, 4) is 0 Å². The van der Waals surface area contributed by atoms with E-state index in [9.17, 15) is 0 Å². The molecule has 0 bridgehead atoms. The first kappa shape index (κ1) is 11.5. The second-order valence-corrected chi connectivity index (χ2v) is 6.35. The van der Waals surface area contributed by atoms with E-state index in [0.717, 1.165) is 6.54 Å². The largest absolute Gasteiger partial charge is 0.315 e. The van der Waals surface area contributed by atoms with E-state index in [1.165, 1.54) is 37.8 Å². The molecule has 0 radical (unpaired) electrons. The third kappa shape index (κ3) is 2.99. The van der Waals surface area contributed by atoms with E-state index < -0.39 is 0 Å². The number of hydrogen-bond donors (Lipinski definition) is 1. The van der Waals surface area contributed by atoms with E-state index in [-0.39, 0.29) is 0 Å². The fourth-order valence-corrected chi connectivity index (χ4v) is 3.65. The summed E-state index contributed by atoms with van der Waals surface area (Å²) in [5.74, 6) is 0. The summed E-state index contributed by atoms with van der Waals surface area (Å²) in [5, 5.41) is 8.00. The van der Waals surface area contributed by atoms with Gasteiger partial charge in [-0.1, -0.05) is 6.42 Å². The summed E-state index contributed by atoms with van der Waals surface area (Å²) < 4.78 is 0.578. The van der Waals surface area contributed by atoms with E-state index in [4.69, 9.17) is 0 Å². The quantitative estimate of drug-likeness (QED) is 0.768. The van der Waals surface area contributed by atoms with Crippen LogP contribution in [0.1, 0.15) is 24.8 Å². The molecule has 1 heterocycles. The molecule has 0 spiro atoms. The first-order valence-electron chi connectivity index (χ1n) is 5.62. The second kappa shape index (κ2) is 5.37. The van der Waals surface area contributed by atoms with Crippen molar-refractivity contribution in [3.63, 3.8) is 0 Å². The maximum atomic E-state index is 3.60. The topological polar surface area (TPSA) is 12.0 Å². The monoisotopic (exact) mass is 241 g/mol. The molecule has 15 heavy (non-hydrogen) atoms. The van der Waals surface area contributed by atoms with Crippen LogP contribution in [0.4, 0.5) is 0 Å². The van der Waals surface area contributed by atoms with Crippen LogP contribution in [0.15, 0.2) is 16.8 Å². The third-order valence-electron chi connectivity index (χ3n) is 3.32. The van der Waals surface area contributed by atoms with Gasteiger partial charge in [-0.05, 0) is 54.5 Å². The molecule has 3 heteroatoms. The summed E-state index contributed by atoms with van der Waals surface area (Å²) in [6, 6.07) is 2.22. The van der Waals surface area contributed by atoms with E-state index in [1.807, 2.05) is 11.8 Å². The van der Waals surface area contributed by atoms with Gasteiger partial charge in [0.15, 0.2) is 0 Å². The van der Waals surface area contributed by atoms with Crippen molar-refractivity contribution in [2.45, 2.75) is 30.4 Å². The first-order valence-corrected chi connectivity index (χ1v) is 7.78. The van der Waals surface area contributed by atoms with Crippen LogP contribution in [0.25, 0.3) is 0 Å². The van der Waals surface area contributed by atoms with Crippen molar-refractivity contribution < 1.29 is 0 Å². The summed E-state index contributed by atoms with van der Waals surface area (Å²) in [4.78, 5) is 0. The van der Waals surface area contributed by atoms with Gasteiger partial charge in [0.25, 0.3) is 0 Å². The standard InChI is InChI=1S/C12H19NS2/c1-14-12(5-2-6-12)10-13-7-3-11-4-8-15-9-11/h4,8-9,13H,2-3,5-7,10H2,1H3. The molecule has 0 atom stereocenters. The molecule has 84 valence electrons. The number of thioether (sulfide) groups is 1. The Kier molecular flexibility index (Phi) is 4.12. The minimum absolute atomic E-state index is 0.578. The molecular weight excluding hydrogens is 222 g/mol. The van der Waals surface area contributed by atoms with Crippen LogP contribution >= 0.6 is 23.1 Å². The van der Waals surface area contributed by atoms with E-state index in [1.54, 1.807) is 11.3 Å². The van der Waals surface area contributed by atoms with Gasteiger partial charge in [0.05, 0.1) is 0 Å². The highest BCUT2D eigenvalue weighted by Crippen LogP contribution is 2.42. The lowest BCUT2D eigenvalue weighted by atomic mass is 9.84. The SMILES string of the molecule is CSC1(CNCCc2ccsc2)CCC1. The summed E-state index contributed by atoms with van der Waals surface area (Å²) in [6.45, 7) is 2.32. The van der Waals surface area contributed by atoms with Crippen LogP contribution in [-0.2, 0) is 6.42 Å². The highest BCUT2D eigenvalue weighted by molar-refractivity contribution is 8.00. The van der Waals surface area contributed by atoms with Gasteiger partial charge in [0, 0.05) is 11.3 Å². The van der Waals surface area contributed by atoms with Gasteiger partial charge in [-0.15, -0.1) is 0 Å². The molecule has 1 N–H and O–H groups in total. The van der Waals surface area contributed by atoms with Crippen LogP contribution in [0.3, 0.4) is 0 Å². The van der Waals surface area contributed by atoms with E-state index in [0.29, 0.717) is 4.75 Å². The Labute approximate surface area is 101 Å². The molecule has 0 aliphatic heterocycles. The van der Waals surface area contributed by atoms with Crippen molar-refractivity contribution >= 4 is 23.1 Å². The molecule has 2 rings (SSSR count). The minimum atomic E-state index is 0.578. The van der Waals surface area contributed by atoms with Gasteiger partial charge in [-0.25, -0.2) is 0 Å². The van der Waals surface area contributed by atoms with Crippen molar-refractivity contribution in [2.75, 3.05) is 19.3 Å². The maximum absolute atomic E-state index is 3.60. The number of thiophene rings is 1. The molecule has 1 aliphatic rings. The lowest BCUT2D eigenvalue weighted by Gasteiger charge is -2.40. The predicted molar refractivity (Wildman–Crippen MR) is 71.0 cm³/mol. The highest BCUT2D eigenvalue weighted by atomic mass is 32.2. The molecule has 1 nitrogen and oxygen atoms in total. The fourth-order valence-electron chi connectivity index (χ4n) is 2.01. The van der Waals surface area contributed by atoms with E-state index >= 15 is 0 Å². The maximum Gasteiger partial charge on any atom is 0.0281 e. The Balaban J connectivity index is 1.62. The zero-order valence-corrected chi connectivity index (χ0v) is 10.9. The second-order valence-electron chi connectivity index (χ2n) is 4.30. The molecular formula is C12H19NS2. The van der Waals surface area contributed by atoms with Gasteiger partial charge >= 0.3 is 0 Å². The van der Waals surface area contributed by atoms with Gasteiger partial charge in [0.2, 0.25) is 0 Å². The zero-order valence-electron chi connectivity index (χ0n) is 9.29. The van der Waals surface area contributed by atoms with Gasteiger partial charge in [0.1, 0.15) is 0 Å². The summed E-state index contributed by atoms with van der Waals surface area (Å²) in [5.41, 5.74) is 1.47. The Morgan fingerprint density at radius 1 is 1.53 bits per heavy atom. The van der Waals surface area contributed by atoms with Crippen LogP contribution in [0.5, 0.6) is 0 Å². The summed E-state index contributed by atoms with van der Waals surface area (Å²) >= 11 is 3.84. The van der Waals surface area contributed by atoms with Gasteiger partial charge < -0.3 is 5.32 Å². The molecule has 0 saturated heterocycles. The molecule has 1 aromatic rings. The molecule has 1 aromatic heterocycles. The smallest absolute Gasteiger partial charge is 0.0281 e. The van der Waals surface area contributed by atoms with Crippen LogP contribution < -0.4 is 5.32 Å². The molecule has 0 aromatic carbocycles. The Bertz CT molecular complexity index is 272. The predicted octanol–water partition coefficient (Wildman–Crippen LogP) is 3.17.